The van der Waals surface area contributed by atoms with Crippen LogP contribution in [0.5, 0.6) is 5.75 Å². The van der Waals surface area contributed by atoms with Crippen LogP contribution in [0.1, 0.15) is 5.56 Å². The lowest BCUT2D eigenvalue weighted by atomic mass is 10.2. The van der Waals surface area contributed by atoms with Gasteiger partial charge in [0.05, 0.1) is 5.02 Å². The fourth-order valence-electron chi connectivity index (χ4n) is 1.58. The number of nitrogens with one attached hydrogen (secondary N) is 1. The molecule has 1 N–H and O–H groups in total. The van der Waals surface area contributed by atoms with Crippen LogP contribution in [-0.2, 0) is 11.3 Å². The van der Waals surface area contributed by atoms with Crippen molar-refractivity contribution in [2.75, 3.05) is 6.61 Å². The van der Waals surface area contributed by atoms with Crippen LogP contribution in [0.4, 0.5) is 8.78 Å². The summed E-state index contributed by atoms with van der Waals surface area (Å²) in [4.78, 5) is 11.6. The highest BCUT2D eigenvalue weighted by atomic mass is 35.5. The molecule has 0 aliphatic rings. The SMILES string of the molecule is O=C(COc1ccc(F)cc1)NCc1ccc(F)c(Cl)c1. The number of amides is 1. The molecule has 0 aromatic heterocycles. The van der Waals surface area contributed by atoms with Crippen molar-refractivity contribution >= 4 is 17.5 Å². The van der Waals surface area contributed by atoms with Crippen LogP contribution in [0, 0.1) is 11.6 Å². The molecule has 0 aliphatic heterocycles. The molecule has 6 heteroatoms. The second-order valence-corrected chi connectivity index (χ2v) is 4.67. The first-order valence-corrected chi connectivity index (χ1v) is 6.51. The number of hydrogen-bond acceptors (Lipinski definition) is 2. The molecule has 0 bridgehead atoms. The smallest absolute Gasteiger partial charge is 0.258 e. The molecule has 0 spiro atoms. The highest BCUT2D eigenvalue weighted by Gasteiger charge is 2.05. The standard InChI is InChI=1S/C15H12ClF2NO2/c16-13-7-10(1-6-14(13)18)8-19-15(20)9-21-12-4-2-11(17)3-5-12/h1-7H,8-9H2,(H,19,20). The number of hydrogen-bond donors (Lipinski definition) is 1. The normalized spacial score (nSPS) is 10.2. The van der Waals surface area contributed by atoms with Crippen molar-refractivity contribution in [2.24, 2.45) is 0 Å². The van der Waals surface area contributed by atoms with E-state index in [0.29, 0.717) is 11.3 Å². The van der Waals surface area contributed by atoms with Gasteiger partial charge in [0.1, 0.15) is 17.4 Å². The second kappa shape index (κ2) is 7.04. The molecule has 2 rings (SSSR count). The summed E-state index contributed by atoms with van der Waals surface area (Å²) in [6.07, 6.45) is 0. The van der Waals surface area contributed by atoms with E-state index in [9.17, 15) is 13.6 Å². The summed E-state index contributed by atoms with van der Waals surface area (Å²) in [5.41, 5.74) is 0.677. The average Bonchev–Trinajstić information content (AvgIpc) is 2.48. The monoisotopic (exact) mass is 311 g/mol. The van der Waals surface area contributed by atoms with Gasteiger partial charge in [0.2, 0.25) is 0 Å². The largest absolute Gasteiger partial charge is 0.484 e. The first-order valence-electron chi connectivity index (χ1n) is 6.13. The van der Waals surface area contributed by atoms with Gasteiger partial charge in [-0.05, 0) is 42.0 Å². The molecule has 0 radical (unpaired) electrons. The highest BCUT2D eigenvalue weighted by Crippen LogP contribution is 2.15. The van der Waals surface area contributed by atoms with Gasteiger partial charge in [-0.15, -0.1) is 0 Å². The molecule has 0 saturated carbocycles. The highest BCUT2D eigenvalue weighted by molar-refractivity contribution is 6.30. The fraction of sp³-hybridized carbons (Fsp3) is 0.133. The summed E-state index contributed by atoms with van der Waals surface area (Å²) in [7, 11) is 0. The Morgan fingerprint density at radius 1 is 1.14 bits per heavy atom. The minimum Gasteiger partial charge on any atom is -0.484 e. The Bertz CT molecular complexity index is 632. The molecule has 3 nitrogen and oxygen atoms in total. The summed E-state index contributed by atoms with van der Waals surface area (Å²) in [5.74, 6) is -0.831. The minimum atomic E-state index is -0.508. The van der Waals surface area contributed by atoms with Crippen molar-refractivity contribution in [3.63, 3.8) is 0 Å². The van der Waals surface area contributed by atoms with Crippen molar-refractivity contribution < 1.29 is 18.3 Å². The third kappa shape index (κ3) is 4.72. The van der Waals surface area contributed by atoms with E-state index in [1.165, 1.54) is 42.5 Å². The third-order valence-corrected chi connectivity index (χ3v) is 2.95. The van der Waals surface area contributed by atoms with Gasteiger partial charge in [-0.25, -0.2) is 8.78 Å². The van der Waals surface area contributed by atoms with E-state index in [4.69, 9.17) is 16.3 Å². The molecule has 0 aliphatic carbocycles. The Labute approximate surface area is 125 Å². The number of carbonyl (C=O) groups excluding carboxylic acids is 1. The summed E-state index contributed by atoms with van der Waals surface area (Å²) in [6.45, 7) is 0.0200. The van der Waals surface area contributed by atoms with Gasteiger partial charge in [0, 0.05) is 6.54 Å². The molecule has 2 aromatic carbocycles. The van der Waals surface area contributed by atoms with Crippen molar-refractivity contribution in [3.05, 3.63) is 64.7 Å². The van der Waals surface area contributed by atoms with Crippen LogP contribution < -0.4 is 10.1 Å². The molecule has 0 atom stereocenters. The summed E-state index contributed by atoms with van der Waals surface area (Å²) < 4.78 is 30.8. The predicted molar refractivity (Wildman–Crippen MR) is 75.2 cm³/mol. The fourth-order valence-corrected chi connectivity index (χ4v) is 1.78. The van der Waals surface area contributed by atoms with Crippen molar-refractivity contribution in [3.8, 4) is 5.75 Å². The zero-order valence-corrected chi connectivity index (χ0v) is 11.7. The lowest BCUT2D eigenvalue weighted by Gasteiger charge is -2.08. The van der Waals surface area contributed by atoms with E-state index < -0.39 is 5.82 Å². The number of carbonyl (C=O) groups is 1. The van der Waals surface area contributed by atoms with Crippen LogP contribution in [0.2, 0.25) is 5.02 Å². The first-order chi connectivity index (χ1) is 10.0. The van der Waals surface area contributed by atoms with E-state index >= 15 is 0 Å². The van der Waals surface area contributed by atoms with E-state index in [1.54, 1.807) is 0 Å². The van der Waals surface area contributed by atoms with Gasteiger partial charge in [0.25, 0.3) is 5.91 Å². The molecule has 1 amide bonds. The summed E-state index contributed by atoms with van der Waals surface area (Å²) in [6, 6.07) is 9.56. The maximum absolute atomic E-state index is 13.0. The molecule has 2 aromatic rings. The molecule has 0 heterocycles. The zero-order chi connectivity index (χ0) is 15.2. The topological polar surface area (TPSA) is 38.3 Å². The van der Waals surface area contributed by atoms with E-state index in [1.807, 2.05) is 0 Å². The van der Waals surface area contributed by atoms with Crippen LogP contribution in [0.15, 0.2) is 42.5 Å². The number of rotatable bonds is 5. The zero-order valence-electron chi connectivity index (χ0n) is 10.9. The minimum absolute atomic E-state index is 0.00399. The molecule has 21 heavy (non-hydrogen) atoms. The lowest BCUT2D eigenvalue weighted by Crippen LogP contribution is -2.28. The molecule has 0 saturated heterocycles. The van der Waals surface area contributed by atoms with Gasteiger partial charge in [-0.1, -0.05) is 17.7 Å². The van der Waals surface area contributed by atoms with Crippen molar-refractivity contribution in [1.29, 1.82) is 0 Å². The molecule has 0 unspecified atom stereocenters. The number of ether oxygens (including phenoxy) is 1. The summed E-state index contributed by atoms with van der Waals surface area (Å²) >= 11 is 5.64. The van der Waals surface area contributed by atoms with Crippen molar-refractivity contribution in [2.45, 2.75) is 6.54 Å². The van der Waals surface area contributed by atoms with Crippen LogP contribution >= 0.6 is 11.6 Å². The Kier molecular flexibility index (Phi) is 5.11. The second-order valence-electron chi connectivity index (χ2n) is 4.27. The van der Waals surface area contributed by atoms with Gasteiger partial charge < -0.3 is 10.1 Å². The van der Waals surface area contributed by atoms with E-state index in [0.717, 1.165) is 0 Å². The average molecular weight is 312 g/mol. The van der Waals surface area contributed by atoms with Gasteiger partial charge >= 0.3 is 0 Å². The Hall–Kier alpha value is -2.14. The van der Waals surface area contributed by atoms with Crippen LogP contribution in [0.25, 0.3) is 0 Å². The maximum atomic E-state index is 13.0. The van der Waals surface area contributed by atoms with E-state index in [2.05, 4.69) is 5.32 Å². The van der Waals surface area contributed by atoms with Crippen LogP contribution in [-0.4, -0.2) is 12.5 Å². The number of halogens is 3. The van der Waals surface area contributed by atoms with E-state index in [-0.39, 0.29) is 29.9 Å². The van der Waals surface area contributed by atoms with Crippen LogP contribution in [0.3, 0.4) is 0 Å². The van der Waals surface area contributed by atoms with Gasteiger partial charge in [-0.2, -0.15) is 0 Å². The quantitative estimate of drug-likeness (QED) is 0.920. The molecule has 110 valence electrons. The molecule has 0 fully saturated rings. The van der Waals surface area contributed by atoms with Crippen molar-refractivity contribution in [1.82, 2.24) is 5.32 Å². The predicted octanol–water partition coefficient (Wildman–Crippen LogP) is 3.31. The third-order valence-electron chi connectivity index (χ3n) is 2.66. The Morgan fingerprint density at radius 3 is 2.52 bits per heavy atom. The maximum Gasteiger partial charge on any atom is 0.258 e. The van der Waals surface area contributed by atoms with Gasteiger partial charge in [-0.3, -0.25) is 4.79 Å². The first kappa shape index (κ1) is 15.3. The number of benzene rings is 2. The molecular formula is C15H12ClF2NO2. The Morgan fingerprint density at radius 2 is 1.86 bits per heavy atom. The summed E-state index contributed by atoms with van der Waals surface area (Å²) in [5, 5.41) is 2.61. The van der Waals surface area contributed by atoms with Gasteiger partial charge in [0.15, 0.2) is 6.61 Å². The lowest BCUT2D eigenvalue weighted by molar-refractivity contribution is -0.123. The molecular weight excluding hydrogens is 300 g/mol. The Balaban J connectivity index is 1.79.